The van der Waals surface area contributed by atoms with Gasteiger partial charge in [0.25, 0.3) is 0 Å². The molecule has 0 aliphatic heterocycles. The van der Waals surface area contributed by atoms with Crippen LogP contribution in [0.1, 0.15) is 166 Å². The number of fused-ring (bicyclic) bond motifs is 7. The van der Waals surface area contributed by atoms with Gasteiger partial charge in [0.1, 0.15) is 11.7 Å². The third-order valence-corrected chi connectivity index (χ3v) is 16.0. The molecule has 5 saturated carbocycles. The maximum Gasteiger partial charge on any atom is 0.306 e. The first kappa shape index (κ1) is 38.4. The third kappa shape index (κ3) is 6.67. The highest BCUT2D eigenvalue weighted by Crippen LogP contribution is 2.78. The van der Waals surface area contributed by atoms with Crippen molar-refractivity contribution in [1.82, 2.24) is 0 Å². The van der Waals surface area contributed by atoms with E-state index in [2.05, 4.69) is 48.1 Å². The predicted octanol–water partition coefficient (Wildman–Crippen LogP) is 10.6. The van der Waals surface area contributed by atoms with E-state index in [1.807, 2.05) is 34.6 Å². The average molecular weight is 683 g/mol. The van der Waals surface area contributed by atoms with E-state index in [9.17, 15) is 19.5 Å². The van der Waals surface area contributed by atoms with Crippen LogP contribution in [0.15, 0.2) is 12.2 Å². The number of carboxylic acids is 1. The number of ether oxygens (including phenoxy) is 2. The predicted molar refractivity (Wildman–Crippen MR) is 195 cm³/mol. The Bertz CT molecular complexity index is 1320. The summed E-state index contributed by atoms with van der Waals surface area (Å²) in [6.07, 6.45) is 13.0. The largest absolute Gasteiger partial charge is 0.481 e. The lowest BCUT2D eigenvalue weighted by atomic mass is 9.32. The molecule has 0 heterocycles. The van der Waals surface area contributed by atoms with Crippen LogP contribution in [-0.2, 0) is 23.9 Å². The molecule has 5 rings (SSSR count). The summed E-state index contributed by atoms with van der Waals surface area (Å²) in [4.78, 5) is 37.6. The number of carbonyl (C=O) groups is 3. The minimum Gasteiger partial charge on any atom is -0.481 e. The molecule has 0 aromatic rings. The second-order valence-electron chi connectivity index (χ2n) is 20.9. The Labute approximate surface area is 298 Å². The first-order valence-corrected chi connectivity index (χ1v) is 19.7. The number of esters is 2. The fraction of sp³-hybridized carbons (Fsp3) is 0.884. The topological polar surface area (TPSA) is 89.9 Å². The van der Waals surface area contributed by atoms with Gasteiger partial charge in [0.2, 0.25) is 0 Å². The van der Waals surface area contributed by atoms with Crippen LogP contribution < -0.4 is 0 Å². The lowest BCUT2D eigenvalue weighted by Gasteiger charge is -2.73. The molecule has 5 aliphatic rings. The number of aliphatic carboxylic acids is 1. The number of carboxylic acid groups (broad SMARTS) is 1. The average Bonchev–Trinajstić information content (AvgIpc) is 3.32. The van der Waals surface area contributed by atoms with Crippen molar-refractivity contribution in [3.05, 3.63) is 12.2 Å². The Kier molecular flexibility index (Phi) is 9.93. The molecule has 0 radical (unpaired) electrons. The lowest BCUT2D eigenvalue weighted by Crippen LogP contribution is -2.66. The highest BCUT2D eigenvalue weighted by atomic mass is 16.6. The molecule has 0 saturated heterocycles. The highest BCUT2D eigenvalue weighted by Gasteiger charge is 2.71. The van der Waals surface area contributed by atoms with Crippen molar-refractivity contribution < 1.29 is 29.0 Å². The molecule has 0 aromatic carbocycles. The zero-order valence-electron chi connectivity index (χ0n) is 33.1. The molecular weight excluding hydrogens is 612 g/mol. The monoisotopic (exact) mass is 683 g/mol. The number of rotatable bonds is 9. The Hall–Kier alpha value is -1.85. The van der Waals surface area contributed by atoms with Gasteiger partial charge < -0.3 is 14.6 Å². The SMILES string of the molecule is C=C(C)[C@@H]1CC[C@]2(CCC(=O)OC(C)(C)C)CC[C@]3(C)[C@H](CC[C@@H]4[C@@]5(C)CC[C@H](OC(=O)CC(C)(C)CC(=O)O)C(C)(C)[C@@H]5CC[C@]43C)[C@@H]12. The van der Waals surface area contributed by atoms with Crippen LogP contribution in [0, 0.1) is 62.1 Å². The van der Waals surface area contributed by atoms with E-state index >= 15 is 0 Å². The van der Waals surface area contributed by atoms with Gasteiger partial charge in [-0.05, 0) is 155 Å². The van der Waals surface area contributed by atoms with Gasteiger partial charge in [0.15, 0.2) is 0 Å². The van der Waals surface area contributed by atoms with E-state index < -0.39 is 17.0 Å². The van der Waals surface area contributed by atoms with E-state index in [4.69, 9.17) is 9.47 Å². The summed E-state index contributed by atoms with van der Waals surface area (Å²) in [6, 6.07) is 0. The first-order chi connectivity index (χ1) is 22.4. The van der Waals surface area contributed by atoms with E-state index in [-0.39, 0.29) is 58.0 Å². The van der Waals surface area contributed by atoms with Gasteiger partial charge in [-0.15, -0.1) is 0 Å². The summed E-state index contributed by atoms with van der Waals surface area (Å²) in [6.45, 7) is 28.9. The molecule has 0 spiro atoms. The van der Waals surface area contributed by atoms with Crippen molar-refractivity contribution in [3.63, 3.8) is 0 Å². The molecular formula is C43H70O6. The van der Waals surface area contributed by atoms with E-state index in [1.54, 1.807) is 0 Å². The van der Waals surface area contributed by atoms with Crippen molar-refractivity contribution >= 4 is 17.9 Å². The molecule has 0 unspecified atom stereocenters. The molecule has 1 N–H and O–H groups in total. The van der Waals surface area contributed by atoms with Crippen LogP contribution >= 0.6 is 0 Å². The highest BCUT2D eigenvalue weighted by molar-refractivity contribution is 5.73. The Morgan fingerprint density at radius 2 is 1.45 bits per heavy atom. The van der Waals surface area contributed by atoms with Gasteiger partial charge in [0, 0.05) is 11.8 Å². The second-order valence-corrected chi connectivity index (χ2v) is 20.9. The van der Waals surface area contributed by atoms with Crippen molar-refractivity contribution in [2.75, 3.05) is 0 Å². The van der Waals surface area contributed by atoms with Gasteiger partial charge >= 0.3 is 17.9 Å². The molecule has 6 heteroatoms. The molecule has 49 heavy (non-hydrogen) atoms. The molecule has 5 fully saturated rings. The lowest BCUT2D eigenvalue weighted by molar-refractivity contribution is -0.250. The molecule has 0 amide bonds. The standard InChI is InChI=1S/C43H70O6/c1-27(2)28-15-21-43(22-18-34(46)49-37(3,4)5)24-23-41(11)29(36(28)43)13-14-31-40(10)19-17-32(39(8,9)30(40)16-20-42(31,41)12)48-35(47)26-38(6,7)25-33(44)45/h28-32,36H,1,13-26H2,2-12H3,(H,44,45)/t28-,29+,30-,31+,32-,36+,40-,41+,42+,43-/m0/s1. The van der Waals surface area contributed by atoms with Crippen LogP contribution in [0.3, 0.4) is 0 Å². The Balaban J connectivity index is 1.37. The van der Waals surface area contributed by atoms with Crippen LogP contribution in [-0.4, -0.2) is 34.7 Å². The van der Waals surface area contributed by atoms with Gasteiger partial charge in [-0.25, -0.2) is 0 Å². The minimum absolute atomic E-state index is 0.0459. The normalized spacial score (nSPS) is 41.4. The van der Waals surface area contributed by atoms with E-state index in [1.165, 1.54) is 50.5 Å². The molecule has 0 aromatic heterocycles. The second kappa shape index (κ2) is 12.7. The van der Waals surface area contributed by atoms with Gasteiger partial charge in [0.05, 0.1) is 12.8 Å². The Morgan fingerprint density at radius 3 is 2.06 bits per heavy atom. The minimum atomic E-state index is -0.882. The quantitative estimate of drug-likeness (QED) is 0.192. The summed E-state index contributed by atoms with van der Waals surface area (Å²) in [5, 5.41) is 9.33. The Morgan fingerprint density at radius 1 is 0.776 bits per heavy atom. The number of carbonyl (C=O) groups excluding carboxylic acids is 2. The smallest absolute Gasteiger partial charge is 0.306 e. The van der Waals surface area contributed by atoms with Crippen molar-refractivity contribution in [1.29, 1.82) is 0 Å². The first-order valence-electron chi connectivity index (χ1n) is 19.7. The van der Waals surface area contributed by atoms with Crippen LogP contribution in [0.4, 0.5) is 0 Å². The van der Waals surface area contributed by atoms with Gasteiger partial charge in [-0.2, -0.15) is 0 Å². The van der Waals surface area contributed by atoms with Crippen LogP contribution in [0.25, 0.3) is 0 Å². The fourth-order valence-corrected chi connectivity index (χ4v) is 13.7. The number of allylic oxidation sites excluding steroid dienone is 1. The molecule has 278 valence electrons. The maximum atomic E-state index is 13.2. The summed E-state index contributed by atoms with van der Waals surface area (Å²) >= 11 is 0. The van der Waals surface area contributed by atoms with Crippen molar-refractivity contribution in [2.24, 2.45) is 62.1 Å². The number of hydrogen-bond acceptors (Lipinski definition) is 5. The summed E-state index contributed by atoms with van der Waals surface area (Å²) in [7, 11) is 0. The van der Waals surface area contributed by atoms with Crippen LogP contribution in [0.5, 0.6) is 0 Å². The van der Waals surface area contributed by atoms with Gasteiger partial charge in [-0.1, -0.05) is 60.6 Å². The fourth-order valence-electron chi connectivity index (χ4n) is 13.7. The molecule has 0 bridgehead atoms. The molecule has 5 aliphatic carbocycles. The number of hydrogen-bond donors (Lipinski definition) is 1. The zero-order valence-corrected chi connectivity index (χ0v) is 33.1. The van der Waals surface area contributed by atoms with E-state index in [0.29, 0.717) is 36.0 Å². The zero-order chi connectivity index (χ0) is 36.6. The van der Waals surface area contributed by atoms with E-state index in [0.717, 1.165) is 25.7 Å². The van der Waals surface area contributed by atoms with Gasteiger partial charge in [-0.3, -0.25) is 14.4 Å². The van der Waals surface area contributed by atoms with Crippen LogP contribution in [0.2, 0.25) is 0 Å². The van der Waals surface area contributed by atoms with Crippen molar-refractivity contribution in [2.45, 2.75) is 178 Å². The summed E-state index contributed by atoms with van der Waals surface area (Å²) in [5.74, 6) is 1.61. The van der Waals surface area contributed by atoms with Crippen molar-refractivity contribution in [3.8, 4) is 0 Å². The maximum absolute atomic E-state index is 13.2. The molecule has 6 nitrogen and oxygen atoms in total. The third-order valence-electron chi connectivity index (χ3n) is 16.0. The summed E-state index contributed by atoms with van der Waals surface area (Å²) in [5.41, 5.74) is 0.906. The molecule has 10 atom stereocenters. The summed E-state index contributed by atoms with van der Waals surface area (Å²) < 4.78 is 12.1.